The minimum absolute atomic E-state index is 0.644. The van der Waals surface area contributed by atoms with Crippen molar-refractivity contribution in [1.29, 1.82) is 0 Å². The summed E-state index contributed by atoms with van der Waals surface area (Å²) in [6, 6.07) is 69.5. The van der Waals surface area contributed by atoms with Gasteiger partial charge in [0.25, 0.3) is 0 Å². The largest absolute Gasteiger partial charge is 0.238 e. The van der Waals surface area contributed by atoms with E-state index in [0.29, 0.717) is 11.5 Å². The lowest BCUT2D eigenvalue weighted by molar-refractivity contribution is 1.18. The zero-order valence-corrected chi connectivity index (χ0v) is 29.4. The van der Waals surface area contributed by atoms with Crippen LogP contribution in [0.2, 0.25) is 0 Å². The lowest BCUT2D eigenvalue weighted by atomic mass is 9.88. The number of hydrogen-bond donors (Lipinski definition) is 0. The van der Waals surface area contributed by atoms with Gasteiger partial charge in [0.05, 0.1) is 18.0 Å². The molecule has 8 aromatic carbocycles. The number of benzene rings is 8. The Labute approximate surface area is 315 Å². The third-order valence-corrected chi connectivity index (χ3v) is 9.95. The van der Waals surface area contributed by atoms with E-state index in [9.17, 15) is 0 Å². The van der Waals surface area contributed by atoms with Crippen LogP contribution < -0.4 is 0 Å². The van der Waals surface area contributed by atoms with Crippen molar-refractivity contribution in [2.24, 2.45) is 0 Å². The van der Waals surface area contributed by atoms with Gasteiger partial charge in [0.1, 0.15) is 0 Å². The predicted molar refractivity (Wildman–Crippen MR) is 224 cm³/mol. The Kier molecular flexibility index (Phi) is 8.61. The third-order valence-electron chi connectivity index (χ3n) is 9.95. The van der Waals surface area contributed by atoms with E-state index in [1.165, 1.54) is 16.3 Å². The molecule has 0 atom stereocenters. The highest BCUT2D eigenvalue weighted by Crippen LogP contribution is 2.42. The highest BCUT2D eigenvalue weighted by atomic mass is 14.9. The highest BCUT2D eigenvalue weighted by Gasteiger charge is 2.20. The molecule has 0 N–H and O–H groups in total. The number of aromatic nitrogens is 2. The highest BCUT2D eigenvalue weighted by molar-refractivity contribution is 6.04. The van der Waals surface area contributed by atoms with Crippen LogP contribution in [0.1, 0.15) is 0 Å². The summed E-state index contributed by atoms with van der Waals surface area (Å²) in [5.41, 5.74) is 14.4. The van der Waals surface area contributed by atoms with Gasteiger partial charge in [0.15, 0.2) is 11.5 Å². The Balaban J connectivity index is 1.19. The summed E-state index contributed by atoms with van der Waals surface area (Å²) in [6.07, 6.45) is 0. The molecule has 252 valence electrons. The molecule has 54 heavy (non-hydrogen) atoms. The second-order valence-corrected chi connectivity index (χ2v) is 13.2. The van der Waals surface area contributed by atoms with Gasteiger partial charge in [0, 0.05) is 22.3 Å². The van der Waals surface area contributed by atoms with Crippen LogP contribution in [0.4, 0.5) is 5.69 Å². The van der Waals surface area contributed by atoms with Gasteiger partial charge < -0.3 is 0 Å². The van der Waals surface area contributed by atoms with E-state index >= 15 is 0 Å². The molecule has 0 aliphatic rings. The van der Waals surface area contributed by atoms with E-state index in [1.807, 2.05) is 54.6 Å². The number of hydrogen-bond acceptors (Lipinski definition) is 2. The van der Waals surface area contributed by atoms with E-state index < -0.39 is 0 Å². The summed E-state index contributed by atoms with van der Waals surface area (Å²) in [7, 11) is 0. The van der Waals surface area contributed by atoms with Gasteiger partial charge >= 0.3 is 0 Å². The van der Waals surface area contributed by atoms with Crippen molar-refractivity contribution in [3.63, 3.8) is 0 Å². The molecular formula is C51H33N3. The third kappa shape index (κ3) is 6.23. The lowest BCUT2D eigenvalue weighted by Gasteiger charge is -2.18. The van der Waals surface area contributed by atoms with Crippen molar-refractivity contribution in [1.82, 2.24) is 9.97 Å². The summed E-state index contributed by atoms with van der Waals surface area (Å²) < 4.78 is 0. The first-order valence-corrected chi connectivity index (χ1v) is 18.0. The van der Waals surface area contributed by atoms with E-state index in [2.05, 4.69) is 150 Å². The molecule has 9 rings (SSSR count). The van der Waals surface area contributed by atoms with Gasteiger partial charge in [-0.1, -0.05) is 200 Å². The molecule has 3 nitrogen and oxygen atoms in total. The van der Waals surface area contributed by atoms with Crippen LogP contribution in [0.25, 0.3) is 94.0 Å². The molecule has 0 saturated heterocycles. The zero-order chi connectivity index (χ0) is 36.3. The van der Waals surface area contributed by atoms with Crippen LogP contribution in [0.3, 0.4) is 0 Å². The maximum absolute atomic E-state index is 7.30. The Morgan fingerprint density at radius 1 is 0.333 bits per heavy atom. The summed E-state index contributed by atoms with van der Waals surface area (Å²) in [5.74, 6) is 0.691. The standard InChI is InChI=1S/C51H33N3/c1-52-44-32-29-36(30-33-44)35-21-25-40(26-22-35)47-45-20-12-11-13-37(45)31-34-46(47)38-23-27-42(28-24-38)50-48(39-14-5-2-6-15-39)49(41-16-7-3-8-17-41)53-51(54-50)43-18-9-4-10-19-43/h2-34H. The molecule has 1 heterocycles. The van der Waals surface area contributed by atoms with Gasteiger partial charge in [-0.3, -0.25) is 0 Å². The first kappa shape index (κ1) is 32.5. The summed E-state index contributed by atoms with van der Waals surface area (Å²) in [4.78, 5) is 14.1. The monoisotopic (exact) mass is 687 g/mol. The summed E-state index contributed by atoms with van der Waals surface area (Å²) in [6.45, 7) is 7.30. The van der Waals surface area contributed by atoms with Crippen LogP contribution in [0, 0.1) is 6.57 Å². The molecule has 0 saturated carbocycles. The van der Waals surface area contributed by atoms with E-state index in [-0.39, 0.29) is 0 Å². The Bertz CT molecular complexity index is 2770. The fourth-order valence-electron chi connectivity index (χ4n) is 7.26. The molecule has 0 bridgehead atoms. The van der Waals surface area contributed by atoms with Crippen molar-refractivity contribution < 1.29 is 0 Å². The molecular weight excluding hydrogens is 655 g/mol. The number of rotatable bonds is 7. The smallest absolute Gasteiger partial charge is 0.187 e. The molecule has 0 fully saturated rings. The number of nitrogens with zero attached hydrogens (tertiary/aromatic N) is 3. The maximum atomic E-state index is 7.30. The first-order chi connectivity index (χ1) is 26.7. The minimum Gasteiger partial charge on any atom is -0.238 e. The van der Waals surface area contributed by atoms with Crippen molar-refractivity contribution in [3.05, 3.63) is 212 Å². The second kappa shape index (κ2) is 14.3. The van der Waals surface area contributed by atoms with E-state index in [0.717, 1.165) is 67.0 Å². The van der Waals surface area contributed by atoms with E-state index in [1.54, 1.807) is 0 Å². The number of fused-ring (bicyclic) bond motifs is 1. The Morgan fingerprint density at radius 3 is 1.39 bits per heavy atom. The SMILES string of the molecule is [C-]#[N+]c1ccc(-c2ccc(-c3c(-c4ccc(-c5nc(-c6ccccc6)nc(-c6ccccc6)c5-c5ccccc5)cc4)ccc4ccccc34)cc2)cc1. The van der Waals surface area contributed by atoms with Crippen molar-refractivity contribution >= 4 is 16.5 Å². The Morgan fingerprint density at radius 2 is 0.778 bits per heavy atom. The molecule has 3 heteroatoms. The van der Waals surface area contributed by atoms with Crippen LogP contribution in [0.15, 0.2) is 200 Å². The van der Waals surface area contributed by atoms with Crippen LogP contribution in [-0.2, 0) is 0 Å². The topological polar surface area (TPSA) is 30.1 Å². The van der Waals surface area contributed by atoms with Crippen molar-refractivity contribution in [2.75, 3.05) is 0 Å². The summed E-state index contributed by atoms with van der Waals surface area (Å²) >= 11 is 0. The van der Waals surface area contributed by atoms with Gasteiger partial charge in [-0.2, -0.15) is 0 Å². The molecule has 0 radical (unpaired) electrons. The Hall–Kier alpha value is -7.41. The minimum atomic E-state index is 0.644. The zero-order valence-electron chi connectivity index (χ0n) is 29.4. The van der Waals surface area contributed by atoms with Gasteiger partial charge in [-0.15, -0.1) is 0 Å². The average molecular weight is 688 g/mol. The molecule has 0 aliphatic carbocycles. The first-order valence-electron chi connectivity index (χ1n) is 18.0. The molecule has 0 aliphatic heterocycles. The van der Waals surface area contributed by atoms with Crippen LogP contribution >= 0.6 is 0 Å². The molecule has 0 amide bonds. The summed E-state index contributed by atoms with van der Waals surface area (Å²) in [5, 5.41) is 2.40. The van der Waals surface area contributed by atoms with Crippen molar-refractivity contribution in [2.45, 2.75) is 0 Å². The van der Waals surface area contributed by atoms with E-state index in [4.69, 9.17) is 16.5 Å². The lowest BCUT2D eigenvalue weighted by Crippen LogP contribution is -2.00. The molecule has 0 spiro atoms. The molecule has 1 aromatic heterocycles. The van der Waals surface area contributed by atoms with Gasteiger partial charge in [-0.05, 0) is 49.7 Å². The van der Waals surface area contributed by atoms with Gasteiger partial charge in [-0.25, -0.2) is 14.8 Å². The second-order valence-electron chi connectivity index (χ2n) is 13.2. The predicted octanol–water partition coefficient (Wildman–Crippen LogP) is 13.8. The molecule has 0 unspecified atom stereocenters. The normalized spacial score (nSPS) is 10.9. The fourth-order valence-corrected chi connectivity index (χ4v) is 7.26. The van der Waals surface area contributed by atoms with Crippen molar-refractivity contribution in [3.8, 4) is 78.4 Å². The average Bonchev–Trinajstić information content (AvgIpc) is 3.26. The maximum Gasteiger partial charge on any atom is 0.187 e. The quantitative estimate of drug-likeness (QED) is 0.156. The van der Waals surface area contributed by atoms with Gasteiger partial charge in [0.2, 0.25) is 0 Å². The molecule has 9 aromatic rings. The van der Waals surface area contributed by atoms with Crippen LogP contribution in [-0.4, -0.2) is 9.97 Å². The fraction of sp³-hybridized carbons (Fsp3) is 0. The van der Waals surface area contributed by atoms with Crippen LogP contribution in [0.5, 0.6) is 0 Å².